The van der Waals surface area contributed by atoms with Gasteiger partial charge in [-0.05, 0) is 49.7 Å². The average Bonchev–Trinajstić information content (AvgIpc) is 2.94. The molecule has 118 valence electrons. The van der Waals surface area contributed by atoms with E-state index in [1.54, 1.807) is 10.7 Å². The molecule has 0 fully saturated rings. The van der Waals surface area contributed by atoms with Crippen molar-refractivity contribution in [3.8, 4) is 5.82 Å². The fourth-order valence-electron chi connectivity index (χ4n) is 2.22. The van der Waals surface area contributed by atoms with Crippen LogP contribution in [0.1, 0.15) is 24.2 Å². The third kappa shape index (κ3) is 3.63. The maximum Gasteiger partial charge on any atom is 0.175 e. The van der Waals surface area contributed by atoms with Gasteiger partial charge in [0.15, 0.2) is 5.82 Å². The summed E-state index contributed by atoms with van der Waals surface area (Å²) in [5, 5.41) is 17.2. The third-order valence-electron chi connectivity index (χ3n) is 3.40. The number of rotatable bonds is 4. The summed E-state index contributed by atoms with van der Waals surface area (Å²) >= 11 is 12.1. The van der Waals surface area contributed by atoms with E-state index in [1.165, 1.54) is 0 Å². The number of halogens is 2. The molecule has 0 aliphatic heterocycles. The Labute approximate surface area is 144 Å². The number of anilines is 1. The largest absolute Gasteiger partial charge is 0.362 e. The number of nitrogens with one attached hydrogen (secondary N) is 1. The van der Waals surface area contributed by atoms with Crippen molar-refractivity contribution in [3.63, 3.8) is 0 Å². The van der Waals surface area contributed by atoms with Crippen molar-refractivity contribution in [2.75, 3.05) is 5.32 Å². The van der Waals surface area contributed by atoms with E-state index in [0.717, 1.165) is 11.3 Å². The average molecular weight is 348 g/mol. The van der Waals surface area contributed by atoms with E-state index in [2.05, 4.69) is 20.6 Å². The number of benzene rings is 1. The van der Waals surface area contributed by atoms with Crippen LogP contribution in [-0.4, -0.2) is 20.0 Å². The van der Waals surface area contributed by atoms with E-state index in [1.807, 2.05) is 50.4 Å². The Bertz CT molecular complexity index is 814. The van der Waals surface area contributed by atoms with Gasteiger partial charge in [0, 0.05) is 16.2 Å². The van der Waals surface area contributed by atoms with Gasteiger partial charge in [-0.25, -0.2) is 4.68 Å². The van der Waals surface area contributed by atoms with Crippen LogP contribution in [0.2, 0.25) is 10.0 Å². The van der Waals surface area contributed by atoms with Crippen LogP contribution in [-0.2, 0) is 0 Å². The Kier molecular flexibility index (Phi) is 4.50. The molecule has 2 heterocycles. The summed E-state index contributed by atoms with van der Waals surface area (Å²) in [6.07, 6.45) is 1.85. The zero-order chi connectivity index (χ0) is 16.4. The molecule has 3 rings (SSSR count). The summed E-state index contributed by atoms with van der Waals surface area (Å²) in [6.45, 7) is 3.93. The van der Waals surface area contributed by atoms with Crippen LogP contribution in [0.25, 0.3) is 5.82 Å². The van der Waals surface area contributed by atoms with Crippen molar-refractivity contribution in [1.29, 1.82) is 0 Å². The third-order valence-corrected chi connectivity index (χ3v) is 3.96. The first kappa shape index (κ1) is 15.8. The highest BCUT2D eigenvalue weighted by molar-refractivity contribution is 6.35. The maximum atomic E-state index is 6.23. The summed E-state index contributed by atoms with van der Waals surface area (Å²) in [4.78, 5) is 0. The normalized spacial score (nSPS) is 12.2. The molecule has 1 atom stereocenters. The molecule has 7 heteroatoms. The molecule has 0 spiro atoms. The lowest BCUT2D eigenvalue weighted by Gasteiger charge is -2.16. The SMILES string of the molecule is Cc1ccn(-c2ccc(N[C@@H](C)c3ccc(Cl)cc3Cl)nn2)n1. The van der Waals surface area contributed by atoms with Gasteiger partial charge in [-0.15, -0.1) is 10.2 Å². The van der Waals surface area contributed by atoms with E-state index < -0.39 is 0 Å². The van der Waals surface area contributed by atoms with Crippen LogP contribution in [0, 0.1) is 6.92 Å². The Morgan fingerprint density at radius 2 is 1.91 bits per heavy atom. The topological polar surface area (TPSA) is 55.6 Å². The van der Waals surface area contributed by atoms with Gasteiger partial charge in [-0.3, -0.25) is 0 Å². The molecule has 1 aromatic carbocycles. The number of hydrogen-bond donors (Lipinski definition) is 1. The highest BCUT2D eigenvalue weighted by Gasteiger charge is 2.11. The van der Waals surface area contributed by atoms with Crippen LogP contribution in [0.5, 0.6) is 0 Å². The molecule has 0 saturated carbocycles. The predicted molar refractivity (Wildman–Crippen MR) is 92.4 cm³/mol. The highest BCUT2D eigenvalue weighted by Crippen LogP contribution is 2.27. The summed E-state index contributed by atoms with van der Waals surface area (Å²) in [5.74, 6) is 1.33. The van der Waals surface area contributed by atoms with Gasteiger partial charge in [-0.1, -0.05) is 29.3 Å². The summed E-state index contributed by atoms with van der Waals surface area (Å²) in [7, 11) is 0. The standard InChI is InChI=1S/C16H15Cl2N5/c1-10-7-8-23(22-10)16-6-5-15(20-21-16)19-11(2)13-4-3-12(17)9-14(13)18/h3-9,11H,1-2H3,(H,19,20)/t11-/m0/s1. The van der Waals surface area contributed by atoms with Crippen molar-refractivity contribution in [2.24, 2.45) is 0 Å². The second kappa shape index (κ2) is 6.56. The number of hydrogen-bond acceptors (Lipinski definition) is 4. The first-order chi connectivity index (χ1) is 11.0. The van der Waals surface area contributed by atoms with Crippen molar-refractivity contribution in [2.45, 2.75) is 19.9 Å². The first-order valence-electron chi connectivity index (χ1n) is 7.11. The molecule has 0 saturated heterocycles. The number of aromatic nitrogens is 4. The predicted octanol–water partition coefficient (Wildman–Crippen LogP) is 4.45. The zero-order valence-corrected chi connectivity index (χ0v) is 14.2. The van der Waals surface area contributed by atoms with Crippen LogP contribution >= 0.6 is 23.2 Å². The van der Waals surface area contributed by atoms with Gasteiger partial charge in [0.1, 0.15) is 5.82 Å². The summed E-state index contributed by atoms with van der Waals surface area (Å²) in [6, 6.07) is 11.1. The van der Waals surface area contributed by atoms with E-state index in [-0.39, 0.29) is 6.04 Å². The fourth-order valence-corrected chi connectivity index (χ4v) is 2.79. The van der Waals surface area contributed by atoms with Crippen molar-refractivity contribution < 1.29 is 0 Å². The molecule has 0 unspecified atom stereocenters. The molecule has 3 aromatic rings. The van der Waals surface area contributed by atoms with Gasteiger partial charge in [0.25, 0.3) is 0 Å². The number of nitrogens with zero attached hydrogens (tertiary/aromatic N) is 4. The minimum Gasteiger partial charge on any atom is -0.362 e. The van der Waals surface area contributed by atoms with E-state index >= 15 is 0 Å². The summed E-state index contributed by atoms with van der Waals surface area (Å²) < 4.78 is 1.69. The van der Waals surface area contributed by atoms with E-state index in [9.17, 15) is 0 Å². The molecule has 0 amide bonds. The van der Waals surface area contributed by atoms with Gasteiger partial charge in [-0.2, -0.15) is 5.10 Å². The van der Waals surface area contributed by atoms with Gasteiger partial charge in [0.05, 0.1) is 11.7 Å². The molecule has 0 aliphatic carbocycles. The van der Waals surface area contributed by atoms with Crippen molar-refractivity contribution in [3.05, 3.63) is 63.9 Å². The maximum absolute atomic E-state index is 6.23. The van der Waals surface area contributed by atoms with Crippen molar-refractivity contribution >= 4 is 29.0 Å². The van der Waals surface area contributed by atoms with E-state index in [0.29, 0.717) is 21.7 Å². The smallest absolute Gasteiger partial charge is 0.175 e. The fraction of sp³-hybridized carbons (Fsp3) is 0.188. The van der Waals surface area contributed by atoms with Crippen LogP contribution in [0.15, 0.2) is 42.6 Å². The van der Waals surface area contributed by atoms with Crippen LogP contribution < -0.4 is 5.32 Å². The van der Waals surface area contributed by atoms with Gasteiger partial charge < -0.3 is 5.32 Å². The van der Waals surface area contributed by atoms with Gasteiger partial charge >= 0.3 is 0 Å². The highest BCUT2D eigenvalue weighted by atomic mass is 35.5. The molecule has 1 N–H and O–H groups in total. The Morgan fingerprint density at radius 3 is 2.52 bits per heavy atom. The lowest BCUT2D eigenvalue weighted by atomic mass is 10.1. The lowest BCUT2D eigenvalue weighted by molar-refractivity contribution is 0.796. The molecule has 0 radical (unpaired) electrons. The second-order valence-corrected chi connectivity index (χ2v) is 6.05. The molecule has 2 aromatic heterocycles. The minimum absolute atomic E-state index is 0.0214. The zero-order valence-electron chi connectivity index (χ0n) is 12.7. The van der Waals surface area contributed by atoms with E-state index in [4.69, 9.17) is 23.2 Å². The molecule has 0 bridgehead atoms. The first-order valence-corrected chi connectivity index (χ1v) is 7.86. The molecular formula is C16H15Cl2N5. The van der Waals surface area contributed by atoms with Crippen LogP contribution in [0.3, 0.4) is 0 Å². The summed E-state index contributed by atoms with van der Waals surface area (Å²) in [5.41, 5.74) is 1.88. The Morgan fingerprint density at radius 1 is 1.09 bits per heavy atom. The number of aryl methyl sites for hydroxylation is 1. The Hall–Kier alpha value is -2.11. The molecule has 23 heavy (non-hydrogen) atoms. The van der Waals surface area contributed by atoms with Crippen molar-refractivity contribution in [1.82, 2.24) is 20.0 Å². The molecule has 0 aliphatic rings. The quantitative estimate of drug-likeness (QED) is 0.757. The second-order valence-electron chi connectivity index (χ2n) is 5.21. The lowest BCUT2D eigenvalue weighted by Crippen LogP contribution is -2.10. The molecule has 5 nitrogen and oxygen atoms in total. The minimum atomic E-state index is -0.0214. The monoisotopic (exact) mass is 347 g/mol. The molecular weight excluding hydrogens is 333 g/mol. The van der Waals surface area contributed by atoms with Crippen LogP contribution in [0.4, 0.5) is 5.82 Å². The Balaban J connectivity index is 1.75. The van der Waals surface area contributed by atoms with Gasteiger partial charge in [0.2, 0.25) is 0 Å².